The van der Waals surface area contributed by atoms with Crippen LogP contribution in [-0.4, -0.2) is 24.3 Å². The molecule has 0 aliphatic heterocycles. The van der Waals surface area contributed by atoms with Crippen LogP contribution in [0.2, 0.25) is 0 Å². The first kappa shape index (κ1) is 11.9. The highest BCUT2D eigenvalue weighted by Crippen LogP contribution is 2.14. The Morgan fingerprint density at radius 3 is 1.58 bits per heavy atom. The molecule has 2 unspecified atom stereocenters. The fraction of sp³-hybridized carbons (Fsp3) is 1.00. The summed E-state index contributed by atoms with van der Waals surface area (Å²) in [6.45, 7) is 7.56. The molecule has 0 rings (SSSR count). The fourth-order valence-corrected chi connectivity index (χ4v) is 1.24. The van der Waals surface area contributed by atoms with Crippen LogP contribution in [0.3, 0.4) is 0 Å². The number of halogens is 2. The third-order valence-corrected chi connectivity index (χ3v) is 2.42. The number of nitrogens with zero attached hydrogens (tertiary/aromatic N) is 1. The summed E-state index contributed by atoms with van der Waals surface area (Å²) in [5, 5.41) is 0. The van der Waals surface area contributed by atoms with E-state index in [1.807, 2.05) is 27.7 Å². The molecule has 0 N–H and O–H groups in total. The van der Waals surface area contributed by atoms with Gasteiger partial charge >= 0.3 is 7.40 Å². The van der Waals surface area contributed by atoms with Gasteiger partial charge in [-0.2, -0.15) is 0 Å². The van der Waals surface area contributed by atoms with Crippen molar-refractivity contribution in [3.05, 3.63) is 0 Å². The summed E-state index contributed by atoms with van der Waals surface area (Å²) in [6, 6.07) is -0.0556. The second-order valence-corrected chi connectivity index (χ2v) is 3.24. The lowest BCUT2D eigenvalue weighted by Gasteiger charge is -2.31. The van der Waals surface area contributed by atoms with Crippen LogP contribution < -0.4 is 0 Å². The Hall–Kier alpha value is -0.115. The van der Waals surface area contributed by atoms with E-state index in [2.05, 4.69) is 0 Å². The van der Waals surface area contributed by atoms with Gasteiger partial charge < -0.3 is 0 Å². The SMILES string of the molecule is CCC(C)N(B(F)F)C(C)CC. The van der Waals surface area contributed by atoms with E-state index in [-0.39, 0.29) is 12.1 Å². The summed E-state index contributed by atoms with van der Waals surface area (Å²) in [4.78, 5) is 1.28. The summed E-state index contributed by atoms with van der Waals surface area (Å²) in [6.07, 6.45) is 1.54. The molecule has 0 radical (unpaired) electrons. The van der Waals surface area contributed by atoms with E-state index in [0.717, 1.165) is 12.8 Å². The first-order chi connectivity index (χ1) is 5.54. The van der Waals surface area contributed by atoms with Gasteiger partial charge in [-0.1, -0.05) is 27.7 Å². The van der Waals surface area contributed by atoms with Crippen molar-refractivity contribution in [2.45, 2.75) is 52.6 Å². The summed E-state index contributed by atoms with van der Waals surface area (Å²) in [5.41, 5.74) is 0. The molecular weight excluding hydrogens is 159 g/mol. The van der Waals surface area contributed by atoms with Crippen molar-refractivity contribution in [1.82, 2.24) is 4.81 Å². The van der Waals surface area contributed by atoms with Crippen molar-refractivity contribution in [3.63, 3.8) is 0 Å². The molecular formula is C8H18BF2N. The predicted octanol–water partition coefficient (Wildman–Crippen LogP) is 2.81. The molecule has 0 heterocycles. The largest absolute Gasteiger partial charge is 0.637 e. The molecule has 0 aliphatic rings. The van der Waals surface area contributed by atoms with E-state index in [1.165, 1.54) is 4.81 Å². The van der Waals surface area contributed by atoms with Gasteiger partial charge in [0.15, 0.2) is 0 Å². The molecule has 72 valence electrons. The van der Waals surface area contributed by atoms with Gasteiger partial charge in [0.05, 0.1) is 0 Å². The van der Waals surface area contributed by atoms with Gasteiger partial charge in [-0.15, -0.1) is 0 Å². The van der Waals surface area contributed by atoms with Gasteiger partial charge in [-0.05, 0) is 12.8 Å². The smallest absolute Gasteiger partial charge is 0.278 e. The van der Waals surface area contributed by atoms with Crippen LogP contribution in [0.15, 0.2) is 0 Å². The van der Waals surface area contributed by atoms with Crippen LogP contribution in [-0.2, 0) is 0 Å². The Bertz CT molecular complexity index is 112. The lowest BCUT2D eigenvalue weighted by atomic mass is 10.00. The first-order valence-corrected chi connectivity index (χ1v) is 4.60. The van der Waals surface area contributed by atoms with Crippen molar-refractivity contribution < 1.29 is 8.63 Å². The normalized spacial score (nSPS) is 16.2. The highest BCUT2D eigenvalue weighted by atomic mass is 19.2. The van der Waals surface area contributed by atoms with Crippen molar-refractivity contribution in [3.8, 4) is 0 Å². The minimum atomic E-state index is -2.32. The Morgan fingerprint density at radius 2 is 1.42 bits per heavy atom. The maximum Gasteiger partial charge on any atom is 0.637 e. The average Bonchev–Trinajstić information content (AvgIpc) is 2.03. The van der Waals surface area contributed by atoms with E-state index in [9.17, 15) is 8.63 Å². The molecule has 0 aromatic carbocycles. The molecule has 12 heavy (non-hydrogen) atoms. The topological polar surface area (TPSA) is 3.24 Å². The van der Waals surface area contributed by atoms with Crippen molar-refractivity contribution in [2.24, 2.45) is 0 Å². The molecule has 4 heteroatoms. The standard InChI is InChI=1S/C8H18BF2N/c1-5-7(3)12(9(10)11)8(4)6-2/h7-8H,5-6H2,1-4H3. The van der Waals surface area contributed by atoms with Gasteiger partial charge in [-0.25, -0.2) is 0 Å². The molecule has 1 nitrogen and oxygen atoms in total. The second-order valence-electron chi connectivity index (χ2n) is 3.24. The highest BCUT2D eigenvalue weighted by Gasteiger charge is 2.31. The zero-order valence-corrected chi connectivity index (χ0v) is 8.35. The predicted molar refractivity (Wildman–Crippen MR) is 49.3 cm³/mol. The summed E-state index contributed by atoms with van der Waals surface area (Å²) >= 11 is 0. The Morgan fingerprint density at radius 1 is 1.08 bits per heavy atom. The summed E-state index contributed by atoms with van der Waals surface area (Å²) < 4.78 is 25.0. The van der Waals surface area contributed by atoms with Crippen LogP contribution >= 0.6 is 0 Å². The Kier molecular flexibility index (Phi) is 5.46. The van der Waals surface area contributed by atoms with Gasteiger partial charge in [0.1, 0.15) is 0 Å². The molecule has 0 aliphatic carbocycles. The molecule has 0 saturated carbocycles. The van der Waals surface area contributed by atoms with E-state index >= 15 is 0 Å². The summed E-state index contributed by atoms with van der Waals surface area (Å²) in [7, 11) is -2.32. The molecule has 0 aromatic heterocycles. The minimum Gasteiger partial charge on any atom is -0.278 e. The van der Waals surface area contributed by atoms with Crippen molar-refractivity contribution >= 4 is 7.40 Å². The molecule has 0 spiro atoms. The van der Waals surface area contributed by atoms with Crippen LogP contribution in [0.25, 0.3) is 0 Å². The maximum absolute atomic E-state index is 12.5. The summed E-state index contributed by atoms with van der Waals surface area (Å²) in [5.74, 6) is 0. The van der Waals surface area contributed by atoms with E-state index < -0.39 is 7.40 Å². The quantitative estimate of drug-likeness (QED) is 0.583. The average molecular weight is 177 g/mol. The van der Waals surface area contributed by atoms with Crippen LogP contribution in [0.5, 0.6) is 0 Å². The minimum absolute atomic E-state index is 0.0278. The van der Waals surface area contributed by atoms with E-state index in [1.54, 1.807) is 0 Å². The van der Waals surface area contributed by atoms with Crippen molar-refractivity contribution in [2.75, 3.05) is 0 Å². The number of rotatable bonds is 5. The zero-order chi connectivity index (χ0) is 9.72. The Labute approximate surface area is 74.3 Å². The Balaban J connectivity index is 4.21. The zero-order valence-electron chi connectivity index (χ0n) is 8.35. The number of hydrogen-bond acceptors (Lipinski definition) is 1. The van der Waals surface area contributed by atoms with Crippen LogP contribution in [0, 0.1) is 0 Å². The molecule has 0 bridgehead atoms. The lowest BCUT2D eigenvalue weighted by Crippen LogP contribution is -2.46. The maximum atomic E-state index is 12.5. The second kappa shape index (κ2) is 5.52. The first-order valence-electron chi connectivity index (χ1n) is 4.60. The van der Waals surface area contributed by atoms with E-state index in [0.29, 0.717) is 0 Å². The molecule has 0 fully saturated rings. The third-order valence-electron chi connectivity index (χ3n) is 2.42. The van der Waals surface area contributed by atoms with Gasteiger partial charge in [0.2, 0.25) is 0 Å². The highest BCUT2D eigenvalue weighted by molar-refractivity contribution is 6.39. The fourth-order valence-electron chi connectivity index (χ4n) is 1.24. The van der Waals surface area contributed by atoms with Gasteiger partial charge in [0, 0.05) is 12.1 Å². The van der Waals surface area contributed by atoms with Crippen LogP contribution in [0.4, 0.5) is 8.63 Å². The molecule has 0 amide bonds. The van der Waals surface area contributed by atoms with E-state index in [4.69, 9.17) is 0 Å². The third kappa shape index (κ3) is 3.09. The molecule has 0 saturated heterocycles. The lowest BCUT2D eigenvalue weighted by molar-refractivity contribution is 0.224. The van der Waals surface area contributed by atoms with Crippen molar-refractivity contribution in [1.29, 1.82) is 0 Å². The van der Waals surface area contributed by atoms with Crippen LogP contribution in [0.1, 0.15) is 40.5 Å². The van der Waals surface area contributed by atoms with Gasteiger partial charge in [0.25, 0.3) is 0 Å². The molecule has 0 aromatic rings. The van der Waals surface area contributed by atoms with Gasteiger partial charge in [-0.3, -0.25) is 13.4 Å². The molecule has 2 atom stereocenters. The number of hydrogen-bond donors (Lipinski definition) is 0. The monoisotopic (exact) mass is 177 g/mol.